The summed E-state index contributed by atoms with van der Waals surface area (Å²) in [7, 11) is 0. The third-order valence-electron chi connectivity index (χ3n) is 17.9. The van der Waals surface area contributed by atoms with E-state index in [9.17, 15) is 33.6 Å². The smallest absolute Gasteiger partial charge is 0.321 e. The van der Waals surface area contributed by atoms with Crippen molar-refractivity contribution in [2.24, 2.45) is 75.4 Å². The summed E-state index contributed by atoms with van der Waals surface area (Å²) < 4.78 is 39.3. The summed E-state index contributed by atoms with van der Waals surface area (Å²) in [6.45, 7) is 19.7. The summed E-state index contributed by atoms with van der Waals surface area (Å²) in [6, 6.07) is 0. The molecule has 0 aromatic rings. The molecule has 64 heavy (non-hydrogen) atoms. The Hall–Kier alpha value is -3.71. The van der Waals surface area contributed by atoms with Crippen molar-refractivity contribution in [3.63, 3.8) is 0 Å². The number of ether oxygens (including phenoxy) is 7. The molecule has 3 saturated heterocycles. The van der Waals surface area contributed by atoms with Crippen LogP contribution in [0.1, 0.15) is 153 Å². The zero-order chi connectivity index (χ0) is 46.5. The van der Waals surface area contributed by atoms with Crippen molar-refractivity contribution in [1.29, 1.82) is 0 Å². The quantitative estimate of drug-likeness (QED) is 0.115. The largest absolute Gasteiger partial charge is 0.465 e. The first-order valence-corrected chi connectivity index (χ1v) is 24.4. The summed E-state index contributed by atoms with van der Waals surface area (Å²) in [6.07, 6.45) is 9.64. The summed E-state index contributed by atoms with van der Waals surface area (Å²) in [5.41, 5.74) is -2.55. The SMILES string of the molecule is CCC(C)(C)C(=O)OC12CC3CC(CC(OC(=O)C4CCOC4=O)(C3)C1)C2.CCC(C)(C)C(=O)OC1C2CC3C(=O)OC1C3C2.CCC(C)(C)C(=O)OC1C2CC3C1OC(=O)C3C2C. The second-order valence-corrected chi connectivity index (χ2v) is 23.4. The first-order chi connectivity index (χ1) is 30.0. The molecule has 0 aromatic carbocycles. The molecule has 3 heterocycles. The fourth-order valence-electron chi connectivity index (χ4n) is 13.2. The number of esters is 7. The van der Waals surface area contributed by atoms with E-state index in [1.54, 1.807) is 0 Å². The topological polar surface area (TPSA) is 184 Å². The van der Waals surface area contributed by atoms with Gasteiger partial charge in [0.15, 0.2) is 5.92 Å². The summed E-state index contributed by atoms with van der Waals surface area (Å²) in [5.74, 6) is 0.0154. The first kappa shape index (κ1) is 46.8. The molecule has 14 heteroatoms. The Morgan fingerprint density at radius 3 is 1.72 bits per heavy atom. The Labute approximate surface area is 378 Å². The Bertz CT molecular complexity index is 1900. The van der Waals surface area contributed by atoms with Gasteiger partial charge in [-0.15, -0.1) is 0 Å². The van der Waals surface area contributed by atoms with E-state index < -0.39 is 45.3 Å². The Balaban J connectivity index is 0.000000135. The summed E-state index contributed by atoms with van der Waals surface area (Å²) >= 11 is 0. The predicted octanol–water partition coefficient (Wildman–Crippen LogP) is 7.24. The van der Waals surface area contributed by atoms with Crippen LogP contribution < -0.4 is 0 Å². The van der Waals surface area contributed by atoms with Gasteiger partial charge in [0.1, 0.15) is 35.6 Å². The van der Waals surface area contributed by atoms with E-state index >= 15 is 0 Å². The van der Waals surface area contributed by atoms with Crippen LogP contribution in [-0.2, 0) is 66.7 Å². The van der Waals surface area contributed by atoms with Crippen LogP contribution >= 0.6 is 0 Å². The number of hydrogen-bond donors (Lipinski definition) is 0. The Morgan fingerprint density at radius 2 is 1.16 bits per heavy atom. The third-order valence-corrected chi connectivity index (χ3v) is 17.9. The highest BCUT2D eigenvalue weighted by Gasteiger charge is 2.67. The number of rotatable bonds is 11. The van der Waals surface area contributed by atoms with Gasteiger partial charge in [-0.05, 0) is 130 Å². The fraction of sp³-hybridized carbons (Fsp3) is 0.860. The van der Waals surface area contributed by atoms with Crippen LogP contribution in [0.25, 0.3) is 0 Å². The molecule has 11 rings (SSSR count). The van der Waals surface area contributed by atoms with E-state index in [0.29, 0.717) is 42.4 Å². The van der Waals surface area contributed by atoms with Crippen molar-refractivity contribution in [2.45, 2.75) is 188 Å². The maximum Gasteiger partial charge on any atom is 0.321 e. The van der Waals surface area contributed by atoms with Gasteiger partial charge in [0.05, 0.1) is 34.7 Å². The lowest BCUT2D eigenvalue weighted by Crippen LogP contribution is -2.62. The molecule has 0 N–H and O–H groups in total. The van der Waals surface area contributed by atoms with Gasteiger partial charge in [-0.2, -0.15) is 0 Å². The third kappa shape index (κ3) is 8.14. The van der Waals surface area contributed by atoms with E-state index in [-0.39, 0.29) is 84.5 Å². The Morgan fingerprint density at radius 1 is 0.625 bits per heavy atom. The minimum Gasteiger partial charge on any atom is -0.465 e. The number of carbonyl (C=O) groups excluding carboxylic acids is 7. The molecular formula is C50H72O14. The zero-order valence-electron chi connectivity index (χ0n) is 39.7. The van der Waals surface area contributed by atoms with Crippen molar-refractivity contribution in [2.75, 3.05) is 6.61 Å². The molecule has 14 nitrogen and oxygen atoms in total. The maximum absolute atomic E-state index is 12.8. The number of hydrogen-bond acceptors (Lipinski definition) is 14. The molecule has 356 valence electrons. The normalized spacial score (nSPS) is 41.3. The highest BCUT2D eigenvalue weighted by Crippen LogP contribution is 2.62. The molecule has 0 amide bonds. The van der Waals surface area contributed by atoms with Crippen LogP contribution in [0.4, 0.5) is 0 Å². The van der Waals surface area contributed by atoms with E-state index in [1.807, 2.05) is 62.3 Å². The molecule has 0 aromatic heterocycles. The minimum atomic E-state index is -0.796. The monoisotopic (exact) mass is 896 g/mol. The van der Waals surface area contributed by atoms with Crippen LogP contribution in [-0.4, -0.2) is 84.0 Å². The molecule has 8 aliphatic carbocycles. The molecule has 0 spiro atoms. The molecular weight excluding hydrogens is 825 g/mol. The molecule has 0 radical (unpaired) electrons. The van der Waals surface area contributed by atoms with Gasteiger partial charge in [0.25, 0.3) is 0 Å². The second kappa shape index (κ2) is 16.6. The average molecular weight is 897 g/mol. The molecule has 8 saturated carbocycles. The molecule has 11 aliphatic rings. The molecule has 11 fully saturated rings. The maximum atomic E-state index is 12.8. The standard InChI is InChI=1S/C21H30O6.C15H22O4.C14H20O4/c1-4-19(2,3)18(24)27-21-10-13-7-14(11-21)9-20(8-13,12-21)26-17(23)15-5-6-25-16(15)22;1-5-15(3,4)14(17)19-11-8-6-9-10(7(8)2)13(16)18-12(9)11;1-4-14(2,3)13(16)18-10-7-5-8-9(6-7)12(15)17-11(8)10/h13-15H,4-12H2,1-3H3;7-12H,5-6H2,1-4H3;7-11H,4-6H2,1-3H3. The van der Waals surface area contributed by atoms with Crippen LogP contribution in [0.2, 0.25) is 0 Å². The van der Waals surface area contributed by atoms with E-state index in [2.05, 4.69) is 6.92 Å². The van der Waals surface area contributed by atoms with Gasteiger partial charge in [0, 0.05) is 36.5 Å². The van der Waals surface area contributed by atoms with Crippen LogP contribution in [0.15, 0.2) is 0 Å². The molecule has 14 unspecified atom stereocenters. The second-order valence-electron chi connectivity index (χ2n) is 23.4. The lowest BCUT2D eigenvalue weighted by molar-refractivity contribution is -0.236. The van der Waals surface area contributed by atoms with Crippen molar-refractivity contribution < 1.29 is 66.7 Å². The van der Waals surface area contributed by atoms with Gasteiger partial charge >= 0.3 is 41.8 Å². The molecule has 8 bridgehead atoms. The minimum absolute atomic E-state index is 0.0455. The molecule has 14 atom stereocenters. The van der Waals surface area contributed by atoms with Crippen molar-refractivity contribution in [1.82, 2.24) is 0 Å². The fourth-order valence-corrected chi connectivity index (χ4v) is 13.2. The van der Waals surface area contributed by atoms with Crippen LogP contribution in [0.3, 0.4) is 0 Å². The van der Waals surface area contributed by atoms with E-state index in [1.165, 1.54) is 0 Å². The summed E-state index contributed by atoms with van der Waals surface area (Å²) in [4.78, 5) is 85.0. The molecule has 3 aliphatic heterocycles. The van der Waals surface area contributed by atoms with Gasteiger partial charge in [-0.3, -0.25) is 33.6 Å². The number of cyclic esters (lactones) is 1. The van der Waals surface area contributed by atoms with E-state index in [4.69, 9.17) is 33.2 Å². The Kier molecular flexibility index (Phi) is 12.1. The van der Waals surface area contributed by atoms with Crippen molar-refractivity contribution >= 4 is 41.8 Å². The van der Waals surface area contributed by atoms with Crippen LogP contribution in [0, 0.1) is 75.4 Å². The van der Waals surface area contributed by atoms with E-state index in [0.717, 1.165) is 70.6 Å². The van der Waals surface area contributed by atoms with Crippen molar-refractivity contribution in [3.8, 4) is 0 Å². The first-order valence-electron chi connectivity index (χ1n) is 24.4. The predicted molar refractivity (Wildman–Crippen MR) is 227 cm³/mol. The van der Waals surface area contributed by atoms with Gasteiger partial charge < -0.3 is 33.2 Å². The van der Waals surface area contributed by atoms with Gasteiger partial charge in [0.2, 0.25) is 0 Å². The number of fused-ring (bicyclic) bond motifs is 2. The van der Waals surface area contributed by atoms with Gasteiger partial charge in [-0.25, -0.2) is 0 Å². The highest BCUT2D eigenvalue weighted by molar-refractivity contribution is 5.96. The lowest BCUT2D eigenvalue weighted by atomic mass is 9.52. The number of carbonyl (C=O) groups is 7. The highest BCUT2D eigenvalue weighted by atomic mass is 16.6. The van der Waals surface area contributed by atoms with Crippen molar-refractivity contribution in [3.05, 3.63) is 0 Å². The summed E-state index contributed by atoms with van der Waals surface area (Å²) in [5, 5.41) is 0. The van der Waals surface area contributed by atoms with Crippen LogP contribution in [0.5, 0.6) is 0 Å². The van der Waals surface area contributed by atoms with Gasteiger partial charge in [-0.1, -0.05) is 27.7 Å². The zero-order valence-corrected chi connectivity index (χ0v) is 39.7. The average Bonchev–Trinajstić information content (AvgIpc) is 4.09. The lowest BCUT2D eigenvalue weighted by Gasteiger charge is -2.60.